The SMILES string of the molecule is CC(C)N(CCOc1ccc(C=Cc2n[nH]c3ccccc23)cc1)C(C)C.Cl. The van der Waals surface area contributed by atoms with Crippen LogP contribution < -0.4 is 4.74 Å². The molecule has 0 saturated carbocycles. The van der Waals surface area contributed by atoms with Crippen LogP contribution in [0.15, 0.2) is 48.5 Å². The number of hydrogen-bond donors (Lipinski definition) is 1. The topological polar surface area (TPSA) is 41.1 Å². The number of H-pyrrole nitrogens is 1. The van der Waals surface area contributed by atoms with Gasteiger partial charge in [0.05, 0.1) is 11.2 Å². The zero-order valence-electron chi connectivity index (χ0n) is 17.1. The van der Waals surface area contributed by atoms with E-state index in [1.807, 2.05) is 36.4 Å². The van der Waals surface area contributed by atoms with E-state index in [0.717, 1.165) is 34.5 Å². The molecule has 0 amide bonds. The lowest BCUT2D eigenvalue weighted by atomic mass is 10.1. The second kappa shape index (κ2) is 10.3. The summed E-state index contributed by atoms with van der Waals surface area (Å²) in [7, 11) is 0. The largest absolute Gasteiger partial charge is 0.492 e. The maximum absolute atomic E-state index is 5.92. The van der Waals surface area contributed by atoms with Crippen LogP contribution in [0.25, 0.3) is 23.1 Å². The third kappa shape index (κ3) is 5.60. The Bertz CT molecular complexity index is 876. The van der Waals surface area contributed by atoms with E-state index in [4.69, 9.17) is 4.74 Å². The van der Waals surface area contributed by atoms with Gasteiger partial charge in [-0.3, -0.25) is 10.00 Å². The first kappa shape index (κ1) is 22.0. The quantitative estimate of drug-likeness (QED) is 0.531. The summed E-state index contributed by atoms with van der Waals surface area (Å²) in [6, 6.07) is 17.4. The van der Waals surface area contributed by atoms with Gasteiger partial charge in [-0.25, -0.2) is 0 Å². The van der Waals surface area contributed by atoms with Crippen LogP contribution in [-0.2, 0) is 0 Å². The Balaban J connectivity index is 0.00000280. The molecule has 3 aromatic rings. The molecule has 0 unspecified atom stereocenters. The molecule has 0 saturated heterocycles. The number of aromatic amines is 1. The van der Waals surface area contributed by atoms with Crippen molar-refractivity contribution in [2.45, 2.75) is 39.8 Å². The van der Waals surface area contributed by atoms with Gasteiger partial charge in [0.15, 0.2) is 0 Å². The van der Waals surface area contributed by atoms with E-state index >= 15 is 0 Å². The maximum atomic E-state index is 5.92. The predicted octanol–water partition coefficient (Wildman–Crippen LogP) is 5.65. The highest BCUT2D eigenvalue weighted by Gasteiger charge is 2.12. The predicted molar refractivity (Wildman–Crippen MR) is 121 cm³/mol. The van der Waals surface area contributed by atoms with E-state index in [-0.39, 0.29) is 12.4 Å². The van der Waals surface area contributed by atoms with Crippen molar-refractivity contribution in [2.24, 2.45) is 0 Å². The average Bonchev–Trinajstić information content (AvgIpc) is 3.07. The Hall–Kier alpha value is -2.30. The van der Waals surface area contributed by atoms with Crippen LogP contribution in [0.3, 0.4) is 0 Å². The second-order valence-corrected chi connectivity index (χ2v) is 7.33. The van der Waals surface area contributed by atoms with Gasteiger partial charge < -0.3 is 4.74 Å². The molecule has 0 radical (unpaired) electrons. The minimum absolute atomic E-state index is 0. The number of benzene rings is 2. The lowest BCUT2D eigenvalue weighted by Gasteiger charge is -2.30. The van der Waals surface area contributed by atoms with Crippen LogP contribution in [0, 0.1) is 0 Å². The van der Waals surface area contributed by atoms with E-state index in [1.54, 1.807) is 0 Å². The van der Waals surface area contributed by atoms with Crippen molar-refractivity contribution in [2.75, 3.05) is 13.2 Å². The van der Waals surface area contributed by atoms with Crippen molar-refractivity contribution in [3.05, 3.63) is 59.8 Å². The van der Waals surface area contributed by atoms with Gasteiger partial charge >= 0.3 is 0 Å². The molecule has 3 rings (SSSR count). The zero-order chi connectivity index (χ0) is 19.2. The molecule has 0 fully saturated rings. The molecule has 1 aromatic heterocycles. The molecular weight excluding hydrogens is 370 g/mol. The van der Waals surface area contributed by atoms with E-state index in [9.17, 15) is 0 Å². The molecule has 1 N–H and O–H groups in total. The Labute approximate surface area is 174 Å². The minimum atomic E-state index is 0. The number of para-hydroxylation sites is 1. The van der Waals surface area contributed by atoms with Crippen LogP contribution in [0.4, 0.5) is 0 Å². The number of fused-ring (bicyclic) bond motifs is 1. The van der Waals surface area contributed by atoms with Crippen LogP contribution in [0.5, 0.6) is 5.75 Å². The van der Waals surface area contributed by atoms with Gasteiger partial charge in [-0.2, -0.15) is 5.10 Å². The first-order valence-corrected chi connectivity index (χ1v) is 9.64. The minimum Gasteiger partial charge on any atom is -0.492 e. The summed E-state index contributed by atoms with van der Waals surface area (Å²) in [5, 5.41) is 8.56. The van der Waals surface area contributed by atoms with Crippen molar-refractivity contribution in [3.63, 3.8) is 0 Å². The van der Waals surface area contributed by atoms with Crippen molar-refractivity contribution in [1.82, 2.24) is 15.1 Å². The van der Waals surface area contributed by atoms with E-state index in [0.29, 0.717) is 18.7 Å². The molecule has 0 aliphatic rings. The molecule has 0 aliphatic carbocycles. The molecule has 0 bridgehead atoms. The molecule has 0 spiro atoms. The van der Waals surface area contributed by atoms with E-state index in [2.05, 4.69) is 67.1 Å². The Kier molecular flexibility index (Phi) is 8.09. The smallest absolute Gasteiger partial charge is 0.119 e. The van der Waals surface area contributed by atoms with Crippen LogP contribution in [-0.4, -0.2) is 40.3 Å². The molecule has 5 heteroatoms. The second-order valence-electron chi connectivity index (χ2n) is 7.33. The van der Waals surface area contributed by atoms with Crippen molar-refractivity contribution < 1.29 is 4.74 Å². The molecule has 0 atom stereocenters. The number of nitrogens with one attached hydrogen (secondary N) is 1. The molecule has 1 heterocycles. The first-order valence-electron chi connectivity index (χ1n) is 9.64. The van der Waals surface area contributed by atoms with Crippen LogP contribution >= 0.6 is 12.4 Å². The van der Waals surface area contributed by atoms with Crippen LogP contribution in [0.2, 0.25) is 0 Å². The molecule has 150 valence electrons. The number of nitrogens with zero attached hydrogens (tertiary/aromatic N) is 2. The van der Waals surface area contributed by atoms with Gasteiger partial charge in [0, 0.05) is 24.0 Å². The summed E-state index contributed by atoms with van der Waals surface area (Å²) < 4.78 is 5.92. The van der Waals surface area contributed by atoms with Crippen LogP contribution in [0.1, 0.15) is 39.0 Å². The lowest BCUT2D eigenvalue weighted by Crippen LogP contribution is -2.39. The molecule has 2 aromatic carbocycles. The Morgan fingerprint density at radius 2 is 1.64 bits per heavy atom. The first-order chi connectivity index (χ1) is 13.0. The third-order valence-corrected chi connectivity index (χ3v) is 4.76. The van der Waals surface area contributed by atoms with E-state index in [1.165, 1.54) is 0 Å². The summed E-state index contributed by atoms with van der Waals surface area (Å²) in [5.41, 5.74) is 3.13. The molecule has 0 aliphatic heterocycles. The van der Waals surface area contributed by atoms with Crippen molar-refractivity contribution >= 4 is 35.5 Å². The van der Waals surface area contributed by atoms with Gasteiger partial charge in [0.2, 0.25) is 0 Å². The molecular formula is C23H30ClN3O. The number of halogens is 1. The summed E-state index contributed by atoms with van der Waals surface area (Å²) in [4.78, 5) is 2.44. The maximum Gasteiger partial charge on any atom is 0.119 e. The fraction of sp³-hybridized carbons (Fsp3) is 0.348. The number of hydrogen-bond acceptors (Lipinski definition) is 3. The number of aromatic nitrogens is 2. The van der Waals surface area contributed by atoms with Gasteiger partial charge in [-0.1, -0.05) is 36.4 Å². The highest BCUT2D eigenvalue weighted by Crippen LogP contribution is 2.19. The highest BCUT2D eigenvalue weighted by atomic mass is 35.5. The van der Waals surface area contributed by atoms with Gasteiger partial charge in [-0.15, -0.1) is 12.4 Å². The summed E-state index contributed by atoms with van der Waals surface area (Å²) in [6.45, 7) is 10.5. The standard InChI is InChI=1S/C23H29N3O.ClH/c1-17(2)26(18(3)4)15-16-27-20-12-9-19(10-13-20)11-14-23-21-7-5-6-8-22(21)24-25-23;/h5-14,17-18H,15-16H2,1-4H3,(H,24,25);1H. The fourth-order valence-electron chi connectivity index (χ4n) is 3.34. The fourth-order valence-corrected chi connectivity index (χ4v) is 3.34. The zero-order valence-corrected chi connectivity index (χ0v) is 17.9. The van der Waals surface area contributed by atoms with Crippen molar-refractivity contribution in [1.29, 1.82) is 0 Å². The summed E-state index contributed by atoms with van der Waals surface area (Å²) in [6.07, 6.45) is 4.11. The average molecular weight is 400 g/mol. The molecule has 28 heavy (non-hydrogen) atoms. The summed E-state index contributed by atoms with van der Waals surface area (Å²) in [5.74, 6) is 0.907. The summed E-state index contributed by atoms with van der Waals surface area (Å²) >= 11 is 0. The molecule has 4 nitrogen and oxygen atoms in total. The van der Waals surface area contributed by atoms with Crippen molar-refractivity contribution in [3.8, 4) is 5.75 Å². The third-order valence-electron chi connectivity index (χ3n) is 4.76. The normalized spacial score (nSPS) is 11.7. The van der Waals surface area contributed by atoms with Gasteiger partial charge in [0.1, 0.15) is 12.4 Å². The number of ether oxygens (including phenoxy) is 1. The number of rotatable bonds is 8. The Morgan fingerprint density at radius 1 is 0.964 bits per heavy atom. The highest BCUT2D eigenvalue weighted by molar-refractivity contribution is 5.89. The van der Waals surface area contributed by atoms with Gasteiger partial charge in [0.25, 0.3) is 0 Å². The monoisotopic (exact) mass is 399 g/mol. The Morgan fingerprint density at radius 3 is 2.32 bits per heavy atom. The van der Waals surface area contributed by atoms with Gasteiger partial charge in [-0.05, 0) is 57.5 Å². The lowest BCUT2D eigenvalue weighted by molar-refractivity contribution is 0.142. The van der Waals surface area contributed by atoms with E-state index < -0.39 is 0 Å².